The van der Waals surface area contributed by atoms with Gasteiger partial charge in [0.1, 0.15) is 11.5 Å². The number of methoxy groups -OCH3 is 2. The molecule has 13 rings (SSSR count). The number of hydrogen-bond acceptors (Lipinski definition) is 4. The zero-order chi connectivity index (χ0) is 71.4. The van der Waals surface area contributed by atoms with Crippen molar-refractivity contribution < 1.29 is 9.47 Å². The maximum atomic E-state index is 5.55. The van der Waals surface area contributed by atoms with Crippen molar-refractivity contribution in [2.24, 2.45) is 0 Å². The molecule has 0 N–H and O–H groups in total. The largest absolute Gasteiger partial charge is 0.497 e. The molecule has 0 amide bonds. The van der Waals surface area contributed by atoms with Gasteiger partial charge in [0.25, 0.3) is 0 Å². The van der Waals surface area contributed by atoms with Gasteiger partial charge in [0.05, 0.1) is 14.2 Å². The molecule has 104 heavy (non-hydrogen) atoms. The van der Waals surface area contributed by atoms with Crippen LogP contribution in [0.1, 0.15) is 100 Å². The molecule has 4 nitrogen and oxygen atoms in total. The molecule has 13 aromatic carbocycles. The third kappa shape index (κ3) is 18.5. The predicted molar refractivity (Wildman–Crippen MR) is 447 cm³/mol. The second-order valence-corrected chi connectivity index (χ2v) is 26.1. The van der Waals surface area contributed by atoms with Crippen LogP contribution in [0.4, 0.5) is 34.1 Å². The second kappa shape index (κ2) is 33.9. The highest BCUT2D eigenvalue weighted by Crippen LogP contribution is 2.39. The van der Waals surface area contributed by atoms with E-state index in [0.717, 1.165) is 101 Å². The molecular weight excluding hydrogens is 1260 g/mol. The Morgan fingerprint density at radius 1 is 0.202 bits per heavy atom. The summed E-state index contributed by atoms with van der Waals surface area (Å²) in [7, 11) is 3.40. The molecule has 0 fully saturated rings. The van der Waals surface area contributed by atoms with E-state index >= 15 is 0 Å². The summed E-state index contributed by atoms with van der Waals surface area (Å²) in [5.41, 5.74) is 29.7. The van der Waals surface area contributed by atoms with Gasteiger partial charge in [-0.1, -0.05) is 326 Å². The minimum absolute atomic E-state index is 0.812. The van der Waals surface area contributed by atoms with Crippen LogP contribution >= 0.6 is 0 Å². The summed E-state index contributed by atoms with van der Waals surface area (Å²) in [4.78, 5) is 4.55. The summed E-state index contributed by atoms with van der Waals surface area (Å²) in [6.45, 7) is 8.50. The first-order chi connectivity index (χ1) is 51.0. The summed E-state index contributed by atoms with van der Waals surface area (Å²) < 4.78 is 11.1. The Labute approximate surface area is 614 Å². The van der Waals surface area contributed by atoms with Gasteiger partial charge in [0.2, 0.25) is 0 Å². The van der Waals surface area contributed by atoms with Gasteiger partial charge in [-0.2, -0.15) is 0 Å². The van der Waals surface area contributed by atoms with E-state index in [1.807, 2.05) is 24.3 Å². The van der Waals surface area contributed by atoms with Crippen molar-refractivity contribution in [1.29, 1.82) is 0 Å². The van der Waals surface area contributed by atoms with Crippen LogP contribution in [0.2, 0.25) is 0 Å². The average Bonchev–Trinajstić information content (AvgIpc) is 0.812. The van der Waals surface area contributed by atoms with Gasteiger partial charge < -0.3 is 19.3 Å². The highest BCUT2D eigenvalue weighted by atomic mass is 16.5. The topological polar surface area (TPSA) is 24.9 Å². The van der Waals surface area contributed by atoms with E-state index in [1.165, 1.54) is 55.7 Å². The van der Waals surface area contributed by atoms with Gasteiger partial charge in [0, 0.05) is 34.1 Å². The summed E-state index contributed by atoms with van der Waals surface area (Å²) in [5, 5.41) is 0. The zero-order valence-electron chi connectivity index (χ0n) is 59.8. The number of hydrogen-bond donors (Lipinski definition) is 0. The molecule has 0 aromatic heterocycles. The SMILES string of the molecule is COc1ccc(N(c2ccc(C=Cc3ccc(C=CC=C(c4ccc(C)cc4)c4ccc(C)cc4)cc3)cc2)c2ccc(C=Cc3ccc(C=Cc4ccc(N(c5ccc(C=Cc6ccc(C=CC=C(c7ccc(C)cc7)c7ccc(C)cc7)cc6)cc5)c5ccc(OC)cc5)cc4)cc3)cc2)cc1. The van der Waals surface area contributed by atoms with Gasteiger partial charge in [-0.05, 0) is 214 Å². The minimum atomic E-state index is 0.812. The molecule has 0 radical (unpaired) electrons. The fourth-order valence-corrected chi connectivity index (χ4v) is 12.4. The summed E-state index contributed by atoms with van der Waals surface area (Å²) >= 11 is 0. The van der Waals surface area contributed by atoms with Crippen molar-refractivity contribution in [3.63, 3.8) is 0 Å². The van der Waals surface area contributed by atoms with Crippen LogP contribution in [0.25, 0.3) is 71.9 Å². The lowest BCUT2D eigenvalue weighted by molar-refractivity contribution is 0.414. The lowest BCUT2D eigenvalue weighted by Crippen LogP contribution is -2.09. The second-order valence-electron chi connectivity index (χ2n) is 26.1. The van der Waals surface area contributed by atoms with Crippen molar-refractivity contribution in [2.45, 2.75) is 27.7 Å². The maximum Gasteiger partial charge on any atom is 0.119 e. The van der Waals surface area contributed by atoms with Crippen LogP contribution in [0, 0.1) is 27.7 Å². The first kappa shape index (κ1) is 69.5. The Balaban J connectivity index is 0.626. The molecule has 0 aliphatic rings. The maximum absolute atomic E-state index is 5.55. The monoisotopic (exact) mass is 1340 g/mol. The van der Waals surface area contributed by atoms with Crippen LogP contribution in [-0.2, 0) is 0 Å². The molecule has 4 heteroatoms. The van der Waals surface area contributed by atoms with Gasteiger partial charge in [-0.3, -0.25) is 0 Å². The Hall–Kier alpha value is -13.0. The van der Waals surface area contributed by atoms with Crippen LogP contribution in [0.15, 0.2) is 340 Å². The number of benzene rings is 13. The molecule has 0 bridgehead atoms. The fourth-order valence-electron chi connectivity index (χ4n) is 12.4. The summed E-state index contributed by atoms with van der Waals surface area (Å²) in [6.07, 6.45) is 30.4. The third-order valence-electron chi connectivity index (χ3n) is 18.5. The smallest absolute Gasteiger partial charge is 0.119 e. The average molecular weight is 1350 g/mol. The van der Waals surface area contributed by atoms with Crippen LogP contribution in [0.5, 0.6) is 11.5 Å². The summed E-state index contributed by atoms with van der Waals surface area (Å²) in [5.74, 6) is 1.62. The first-order valence-electron chi connectivity index (χ1n) is 35.4. The van der Waals surface area contributed by atoms with Gasteiger partial charge >= 0.3 is 0 Å². The molecule has 0 heterocycles. The summed E-state index contributed by atoms with van der Waals surface area (Å²) in [6, 6.07) is 112. The number of nitrogens with zero attached hydrogens (tertiary/aromatic N) is 2. The Kier molecular flexibility index (Phi) is 22.6. The lowest BCUT2D eigenvalue weighted by atomic mass is 9.96. The fraction of sp³-hybridized carbons (Fsp3) is 0.0600. The van der Waals surface area contributed by atoms with E-state index in [4.69, 9.17) is 9.47 Å². The predicted octanol–water partition coefficient (Wildman–Crippen LogP) is 26.8. The molecule has 0 spiro atoms. The van der Waals surface area contributed by atoms with Crippen molar-refractivity contribution in [2.75, 3.05) is 24.0 Å². The number of rotatable bonds is 24. The number of ether oxygens (including phenoxy) is 2. The first-order valence-corrected chi connectivity index (χ1v) is 35.4. The highest BCUT2D eigenvalue weighted by Gasteiger charge is 2.16. The number of anilines is 6. The van der Waals surface area contributed by atoms with E-state index in [0.29, 0.717) is 0 Å². The van der Waals surface area contributed by atoms with Gasteiger partial charge in [-0.25, -0.2) is 0 Å². The molecular formula is C100H84N2O2. The van der Waals surface area contributed by atoms with Crippen molar-refractivity contribution in [3.05, 3.63) is 440 Å². The standard InChI is InChI=1S/C100H84N2O2/c1-73-13-49-87(50-14-73)99(88-51-15-74(2)16-52-88)11-7-9-77-21-25-79(26-22-77)33-37-83-41-57-91(58-42-83)101(95-65-69-97(103-5)70-66-95)93-61-45-85(46-62-93)39-35-81-29-31-82(32-30-81)36-40-86-47-63-94(64-48-86)102(96-67-71-98(104-6)72-68-96)92-59-43-84(44-60-92)38-34-80-27-23-78(24-28-80)10-8-12-100(89-53-17-75(3)18-54-89)90-55-19-76(4)20-56-90/h7-72H,1-6H3. The molecule has 506 valence electrons. The number of allylic oxidation sites excluding steroid dienone is 4. The van der Waals surface area contributed by atoms with Crippen molar-refractivity contribution in [3.8, 4) is 11.5 Å². The number of aryl methyl sites for hydroxylation is 4. The Bertz CT molecular complexity index is 4780. The Morgan fingerprint density at radius 3 is 0.548 bits per heavy atom. The van der Waals surface area contributed by atoms with Gasteiger partial charge in [0.15, 0.2) is 0 Å². The van der Waals surface area contributed by atoms with Crippen molar-refractivity contribution >= 4 is 106 Å². The Morgan fingerprint density at radius 2 is 0.365 bits per heavy atom. The molecule has 0 unspecified atom stereocenters. The van der Waals surface area contributed by atoms with Gasteiger partial charge in [-0.15, -0.1) is 0 Å². The van der Waals surface area contributed by atoms with E-state index in [2.05, 4.69) is 414 Å². The molecule has 0 saturated heterocycles. The molecule has 0 atom stereocenters. The molecule has 0 saturated carbocycles. The van der Waals surface area contributed by atoms with Crippen LogP contribution in [-0.4, -0.2) is 14.2 Å². The molecule has 0 aliphatic heterocycles. The lowest BCUT2D eigenvalue weighted by Gasteiger charge is -2.26. The van der Waals surface area contributed by atoms with E-state index < -0.39 is 0 Å². The zero-order valence-corrected chi connectivity index (χ0v) is 59.8. The minimum Gasteiger partial charge on any atom is -0.497 e. The quantitative estimate of drug-likeness (QED) is 0.0445. The van der Waals surface area contributed by atoms with Crippen molar-refractivity contribution in [1.82, 2.24) is 0 Å². The van der Waals surface area contributed by atoms with E-state index in [-0.39, 0.29) is 0 Å². The molecule has 0 aliphatic carbocycles. The molecule has 13 aromatic rings. The van der Waals surface area contributed by atoms with Crippen LogP contribution < -0.4 is 19.3 Å². The third-order valence-corrected chi connectivity index (χ3v) is 18.5. The normalized spacial score (nSPS) is 11.5. The van der Waals surface area contributed by atoms with E-state index in [1.54, 1.807) is 14.2 Å². The highest BCUT2D eigenvalue weighted by molar-refractivity contribution is 5.86. The van der Waals surface area contributed by atoms with E-state index in [9.17, 15) is 0 Å². The van der Waals surface area contributed by atoms with Crippen LogP contribution in [0.3, 0.4) is 0 Å².